The lowest BCUT2D eigenvalue weighted by Crippen LogP contribution is -2.40. The van der Waals surface area contributed by atoms with Crippen LogP contribution in [0.1, 0.15) is 187 Å². The first-order valence-corrected chi connectivity index (χ1v) is 17.9. The van der Waals surface area contributed by atoms with E-state index in [4.69, 9.17) is 10.5 Å². The molecule has 0 aliphatic heterocycles. The number of hydrogen-bond donors (Lipinski definition) is 3. The Balaban J connectivity index is 4.20. The average molecular weight is 597 g/mol. The fourth-order valence-corrected chi connectivity index (χ4v) is 5.45. The molecule has 0 aromatic rings. The zero-order valence-corrected chi connectivity index (χ0v) is 27.6. The monoisotopic (exact) mass is 597 g/mol. The highest BCUT2D eigenvalue weighted by molar-refractivity contribution is 5.83. The van der Waals surface area contributed by atoms with Gasteiger partial charge in [0, 0.05) is 12.8 Å². The number of hydrogen-bond acceptors (Lipinski definition) is 5. The summed E-state index contributed by atoms with van der Waals surface area (Å²) in [6.07, 6.45) is 28.6. The van der Waals surface area contributed by atoms with Crippen LogP contribution in [0.2, 0.25) is 0 Å². The topological polar surface area (TPSA) is 119 Å². The van der Waals surface area contributed by atoms with Gasteiger partial charge in [0.15, 0.2) is 0 Å². The number of unbranched alkanes of at least 4 members (excludes halogenated alkanes) is 18. The smallest absolute Gasteiger partial charge is 0.326 e. The number of carbonyl (C=O) groups is 3. The van der Waals surface area contributed by atoms with Gasteiger partial charge in [-0.1, -0.05) is 123 Å². The van der Waals surface area contributed by atoms with Gasteiger partial charge >= 0.3 is 11.9 Å². The maximum atomic E-state index is 12.6. The third-order valence-corrected chi connectivity index (χ3v) is 8.17. The Kier molecular flexibility index (Phi) is 29.6. The Bertz CT molecular complexity index is 643. The van der Waals surface area contributed by atoms with Crippen LogP contribution in [-0.2, 0) is 19.1 Å². The van der Waals surface area contributed by atoms with Crippen molar-refractivity contribution in [2.24, 2.45) is 5.73 Å². The SMILES string of the molecule is CCCCCCCCCCCCCC(=O)OC(CCCCCCCC)CCCCCCC(=O)NC(CCCN)C(=O)O. The predicted molar refractivity (Wildman–Crippen MR) is 175 cm³/mol. The van der Waals surface area contributed by atoms with Crippen molar-refractivity contribution in [2.75, 3.05) is 6.54 Å². The third-order valence-electron chi connectivity index (χ3n) is 8.17. The molecule has 2 atom stereocenters. The summed E-state index contributed by atoms with van der Waals surface area (Å²) in [4.78, 5) is 36.0. The largest absolute Gasteiger partial charge is 0.480 e. The van der Waals surface area contributed by atoms with Crippen LogP contribution in [0.15, 0.2) is 0 Å². The number of ether oxygens (including phenoxy) is 1. The molecule has 0 fully saturated rings. The Morgan fingerprint density at radius 1 is 0.595 bits per heavy atom. The lowest BCUT2D eigenvalue weighted by Gasteiger charge is -2.18. The number of nitrogens with two attached hydrogens (primary N) is 1. The van der Waals surface area contributed by atoms with E-state index in [9.17, 15) is 19.5 Å². The minimum absolute atomic E-state index is 0.00134. The molecule has 7 heteroatoms. The van der Waals surface area contributed by atoms with Crippen molar-refractivity contribution in [2.45, 2.75) is 199 Å². The fraction of sp³-hybridized carbons (Fsp3) is 0.914. The predicted octanol–water partition coefficient (Wildman–Crippen LogP) is 9.00. The van der Waals surface area contributed by atoms with Crippen LogP contribution in [0.25, 0.3) is 0 Å². The van der Waals surface area contributed by atoms with Gasteiger partial charge in [0.25, 0.3) is 0 Å². The van der Waals surface area contributed by atoms with Crippen molar-refractivity contribution in [3.05, 3.63) is 0 Å². The van der Waals surface area contributed by atoms with E-state index in [-0.39, 0.29) is 18.0 Å². The molecule has 0 saturated heterocycles. The second-order valence-corrected chi connectivity index (χ2v) is 12.3. The van der Waals surface area contributed by atoms with Gasteiger partial charge in [-0.05, 0) is 57.9 Å². The molecule has 0 saturated carbocycles. The van der Waals surface area contributed by atoms with Gasteiger partial charge in [-0.2, -0.15) is 0 Å². The van der Waals surface area contributed by atoms with Gasteiger partial charge in [-0.3, -0.25) is 9.59 Å². The van der Waals surface area contributed by atoms with E-state index in [1.807, 2.05) is 0 Å². The highest BCUT2D eigenvalue weighted by Gasteiger charge is 2.19. The van der Waals surface area contributed by atoms with Gasteiger partial charge in [-0.15, -0.1) is 0 Å². The van der Waals surface area contributed by atoms with Gasteiger partial charge in [-0.25, -0.2) is 4.79 Å². The molecular formula is C35H68N2O5. The number of carbonyl (C=O) groups excluding carboxylic acids is 2. The van der Waals surface area contributed by atoms with E-state index in [0.29, 0.717) is 32.2 Å². The summed E-state index contributed by atoms with van der Waals surface area (Å²) in [6.45, 7) is 4.90. The highest BCUT2D eigenvalue weighted by Crippen LogP contribution is 2.18. The van der Waals surface area contributed by atoms with Crippen LogP contribution in [0.4, 0.5) is 0 Å². The fourth-order valence-electron chi connectivity index (χ4n) is 5.45. The van der Waals surface area contributed by atoms with E-state index in [0.717, 1.165) is 57.8 Å². The first-order chi connectivity index (χ1) is 20.4. The molecule has 0 spiro atoms. The van der Waals surface area contributed by atoms with Crippen molar-refractivity contribution >= 4 is 17.8 Å². The summed E-state index contributed by atoms with van der Waals surface area (Å²) < 4.78 is 5.95. The summed E-state index contributed by atoms with van der Waals surface area (Å²) in [7, 11) is 0. The Morgan fingerprint density at radius 2 is 1.02 bits per heavy atom. The van der Waals surface area contributed by atoms with E-state index in [2.05, 4.69) is 19.2 Å². The van der Waals surface area contributed by atoms with Crippen molar-refractivity contribution in [1.29, 1.82) is 0 Å². The van der Waals surface area contributed by atoms with Crippen LogP contribution >= 0.6 is 0 Å². The van der Waals surface area contributed by atoms with Crippen LogP contribution in [0.3, 0.4) is 0 Å². The summed E-state index contributed by atoms with van der Waals surface area (Å²) in [5, 5.41) is 11.9. The van der Waals surface area contributed by atoms with Crippen molar-refractivity contribution in [3.63, 3.8) is 0 Å². The Morgan fingerprint density at radius 3 is 1.48 bits per heavy atom. The first kappa shape index (κ1) is 40.4. The standard InChI is InChI=1S/C35H68N2O5/c1-3-5-7-9-11-12-13-14-15-17-23-29-34(39)42-31(25-20-16-10-8-6-4-2)26-21-18-19-22-28-33(38)37-32(35(40)41)27-24-30-36/h31-32H,3-30,36H2,1-2H3,(H,37,38)(H,40,41). The summed E-state index contributed by atoms with van der Waals surface area (Å²) >= 11 is 0. The summed E-state index contributed by atoms with van der Waals surface area (Å²) in [5.41, 5.74) is 5.46. The first-order valence-electron chi connectivity index (χ1n) is 17.9. The molecule has 2 unspecified atom stereocenters. The quantitative estimate of drug-likeness (QED) is 0.0527. The van der Waals surface area contributed by atoms with Crippen LogP contribution in [0.5, 0.6) is 0 Å². The number of nitrogens with one attached hydrogen (secondary N) is 1. The number of carboxylic acid groups (broad SMARTS) is 1. The molecule has 0 heterocycles. The van der Waals surface area contributed by atoms with Crippen LogP contribution < -0.4 is 11.1 Å². The third kappa shape index (κ3) is 27.2. The zero-order valence-electron chi connectivity index (χ0n) is 27.6. The molecular weight excluding hydrogens is 528 g/mol. The molecule has 0 rings (SSSR count). The molecule has 1 amide bonds. The maximum Gasteiger partial charge on any atom is 0.326 e. The highest BCUT2D eigenvalue weighted by atomic mass is 16.5. The Labute approximate surface area is 258 Å². The molecule has 0 aliphatic carbocycles. The van der Waals surface area contributed by atoms with Crippen molar-refractivity contribution in [1.82, 2.24) is 5.32 Å². The minimum Gasteiger partial charge on any atom is -0.480 e. The van der Waals surface area contributed by atoms with Crippen LogP contribution in [-0.4, -0.2) is 41.6 Å². The zero-order chi connectivity index (χ0) is 31.1. The summed E-state index contributed by atoms with van der Waals surface area (Å²) in [6, 6.07) is -0.858. The molecule has 0 aliphatic rings. The minimum atomic E-state index is -1.01. The lowest BCUT2D eigenvalue weighted by atomic mass is 10.0. The molecule has 0 aromatic carbocycles. The van der Waals surface area contributed by atoms with Gasteiger partial charge in [0.1, 0.15) is 12.1 Å². The molecule has 0 radical (unpaired) electrons. The van der Waals surface area contributed by atoms with E-state index >= 15 is 0 Å². The normalized spacial score (nSPS) is 12.6. The number of esters is 1. The molecule has 42 heavy (non-hydrogen) atoms. The molecule has 4 N–H and O–H groups in total. The number of amides is 1. The van der Waals surface area contributed by atoms with E-state index < -0.39 is 12.0 Å². The molecule has 7 nitrogen and oxygen atoms in total. The van der Waals surface area contributed by atoms with Crippen molar-refractivity contribution < 1.29 is 24.2 Å². The van der Waals surface area contributed by atoms with Crippen LogP contribution in [0, 0.1) is 0 Å². The van der Waals surface area contributed by atoms with Crippen molar-refractivity contribution in [3.8, 4) is 0 Å². The molecule has 0 aromatic heterocycles. The van der Waals surface area contributed by atoms with Gasteiger partial charge in [0.2, 0.25) is 5.91 Å². The van der Waals surface area contributed by atoms with E-state index in [1.54, 1.807) is 0 Å². The maximum absolute atomic E-state index is 12.6. The lowest BCUT2D eigenvalue weighted by molar-refractivity contribution is -0.150. The van der Waals surface area contributed by atoms with E-state index in [1.165, 1.54) is 89.9 Å². The average Bonchev–Trinajstić information content (AvgIpc) is 2.97. The number of aliphatic carboxylic acids is 1. The molecule has 248 valence electrons. The number of rotatable bonds is 32. The van der Waals surface area contributed by atoms with Gasteiger partial charge in [0.05, 0.1) is 0 Å². The number of carboxylic acids is 1. The second-order valence-electron chi connectivity index (χ2n) is 12.3. The summed E-state index contributed by atoms with van der Waals surface area (Å²) in [5.74, 6) is -1.26. The Hall–Kier alpha value is -1.63. The molecule has 0 bridgehead atoms. The van der Waals surface area contributed by atoms with Gasteiger partial charge < -0.3 is 20.9 Å². The second kappa shape index (κ2) is 30.8.